The highest BCUT2D eigenvalue weighted by molar-refractivity contribution is 7.93. The summed E-state index contributed by atoms with van der Waals surface area (Å²) < 4.78 is 25.5. The maximum Gasteiger partial charge on any atom is 0.335 e. The van der Waals surface area contributed by atoms with Crippen LogP contribution in [0.2, 0.25) is 0 Å². The van der Waals surface area contributed by atoms with Crippen LogP contribution in [0.1, 0.15) is 23.2 Å². The van der Waals surface area contributed by atoms with Crippen LogP contribution in [0.15, 0.2) is 18.2 Å². The second-order valence-electron chi connectivity index (χ2n) is 3.88. The molecule has 0 heterocycles. The van der Waals surface area contributed by atoms with Gasteiger partial charge < -0.3 is 10.2 Å². The van der Waals surface area contributed by atoms with Gasteiger partial charge in [-0.15, -0.1) is 0 Å². The maximum absolute atomic E-state index is 11.6. The molecule has 92 valence electrons. The van der Waals surface area contributed by atoms with Crippen molar-refractivity contribution < 1.29 is 23.4 Å². The average Bonchev–Trinajstić information content (AvgIpc) is 3.04. The zero-order valence-corrected chi connectivity index (χ0v) is 9.57. The second kappa shape index (κ2) is 3.92. The van der Waals surface area contributed by atoms with Gasteiger partial charge in [-0.3, -0.25) is 4.72 Å². The molecule has 1 fully saturated rings. The standard InChI is InChI=1S/C10H11NO5S/c12-9-4-1-6(10(13)14)5-8(9)11-17(15,16)7-2-3-7/h1,4-5,7,11-12H,2-3H2,(H,13,14). The molecule has 0 amide bonds. The molecular formula is C10H11NO5S. The van der Waals surface area contributed by atoms with Gasteiger partial charge in [-0.1, -0.05) is 0 Å². The van der Waals surface area contributed by atoms with E-state index >= 15 is 0 Å². The summed E-state index contributed by atoms with van der Waals surface area (Å²) in [5.41, 5.74) is -0.187. The molecule has 0 saturated heterocycles. The van der Waals surface area contributed by atoms with Gasteiger partial charge in [0.05, 0.1) is 16.5 Å². The van der Waals surface area contributed by atoms with Gasteiger partial charge in [-0.2, -0.15) is 0 Å². The Kier molecular flexibility index (Phi) is 2.70. The van der Waals surface area contributed by atoms with Crippen LogP contribution < -0.4 is 4.72 Å². The van der Waals surface area contributed by atoms with Crippen molar-refractivity contribution in [3.8, 4) is 5.75 Å². The lowest BCUT2D eigenvalue weighted by Crippen LogP contribution is -2.17. The van der Waals surface area contributed by atoms with Crippen molar-refractivity contribution >= 4 is 21.7 Å². The highest BCUT2D eigenvalue weighted by atomic mass is 32.2. The number of carboxylic acids is 1. The third kappa shape index (κ3) is 2.50. The average molecular weight is 257 g/mol. The molecule has 6 nitrogen and oxygen atoms in total. The lowest BCUT2D eigenvalue weighted by molar-refractivity contribution is 0.0697. The first-order chi connectivity index (χ1) is 7.90. The number of rotatable bonds is 4. The summed E-state index contributed by atoms with van der Waals surface area (Å²) in [6, 6.07) is 3.44. The largest absolute Gasteiger partial charge is 0.506 e. The number of phenolic OH excluding ortho intramolecular Hbond substituents is 1. The fourth-order valence-corrected chi connectivity index (χ4v) is 2.76. The number of anilines is 1. The van der Waals surface area contributed by atoms with Crippen LogP contribution in [0.25, 0.3) is 0 Å². The van der Waals surface area contributed by atoms with Crippen LogP contribution in [-0.4, -0.2) is 29.9 Å². The molecule has 0 bridgehead atoms. The molecule has 1 aromatic rings. The van der Waals surface area contributed by atoms with Gasteiger partial charge in [0.2, 0.25) is 10.0 Å². The van der Waals surface area contributed by atoms with Crippen molar-refractivity contribution in [2.24, 2.45) is 0 Å². The molecule has 1 saturated carbocycles. The summed E-state index contributed by atoms with van der Waals surface area (Å²) >= 11 is 0. The Morgan fingerprint density at radius 3 is 2.53 bits per heavy atom. The Morgan fingerprint density at radius 2 is 2.00 bits per heavy atom. The first-order valence-electron chi connectivity index (χ1n) is 4.98. The van der Waals surface area contributed by atoms with E-state index in [0.29, 0.717) is 12.8 Å². The molecular weight excluding hydrogens is 246 g/mol. The zero-order valence-electron chi connectivity index (χ0n) is 8.75. The Hall–Kier alpha value is -1.76. The fourth-order valence-electron chi connectivity index (χ4n) is 1.37. The molecule has 2 rings (SSSR count). The molecule has 0 aromatic heterocycles. The molecule has 0 aliphatic heterocycles. The van der Waals surface area contributed by atoms with Crippen molar-refractivity contribution in [2.75, 3.05) is 4.72 Å². The van der Waals surface area contributed by atoms with Gasteiger partial charge in [0, 0.05) is 0 Å². The van der Waals surface area contributed by atoms with E-state index in [9.17, 15) is 18.3 Å². The van der Waals surface area contributed by atoms with Crippen LogP contribution in [-0.2, 0) is 10.0 Å². The number of carboxylic acid groups (broad SMARTS) is 1. The topological polar surface area (TPSA) is 104 Å². The molecule has 1 aromatic carbocycles. The van der Waals surface area contributed by atoms with Gasteiger partial charge in [0.1, 0.15) is 5.75 Å². The Balaban J connectivity index is 2.31. The number of aromatic carboxylic acids is 1. The van der Waals surface area contributed by atoms with E-state index in [4.69, 9.17) is 5.11 Å². The molecule has 0 radical (unpaired) electrons. The number of aromatic hydroxyl groups is 1. The van der Waals surface area contributed by atoms with Crippen LogP contribution in [0.4, 0.5) is 5.69 Å². The first kappa shape index (κ1) is 11.7. The minimum atomic E-state index is -3.51. The fraction of sp³-hybridized carbons (Fsp3) is 0.300. The smallest absolute Gasteiger partial charge is 0.335 e. The van der Waals surface area contributed by atoms with Crippen molar-refractivity contribution in [1.82, 2.24) is 0 Å². The van der Waals surface area contributed by atoms with Gasteiger partial charge in [-0.05, 0) is 31.0 Å². The molecule has 3 N–H and O–H groups in total. The summed E-state index contributed by atoms with van der Waals surface area (Å²) in [5.74, 6) is -1.48. The van der Waals surface area contributed by atoms with E-state index in [0.717, 1.165) is 12.1 Å². The molecule has 0 unspecified atom stereocenters. The number of sulfonamides is 1. The Bertz CT molecular complexity index is 562. The van der Waals surface area contributed by atoms with Crippen LogP contribution >= 0.6 is 0 Å². The summed E-state index contributed by atoms with van der Waals surface area (Å²) in [6.07, 6.45) is 1.18. The molecule has 17 heavy (non-hydrogen) atoms. The van der Waals surface area contributed by atoms with Gasteiger partial charge in [0.15, 0.2) is 0 Å². The lowest BCUT2D eigenvalue weighted by atomic mass is 10.2. The van der Waals surface area contributed by atoms with E-state index in [-0.39, 0.29) is 17.0 Å². The normalized spacial score (nSPS) is 15.5. The molecule has 0 spiro atoms. The number of hydrogen-bond donors (Lipinski definition) is 3. The van der Waals surface area contributed by atoms with Crippen molar-refractivity contribution in [2.45, 2.75) is 18.1 Å². The third-order valence-electron chi connectivity index (χ3n) is 2.46. The van der Waals surface area contributed by atoms with Crippen LogP contribution in [0, 0.1) is 0 Å². The highest BCUT2D eigenvalue weighted by Crippen LogP contribution is 2.32. The predicted molar refractivity (Wildman–Crippen MR) is 60.6 cm³/mol. The zero-order chi connectivity index (χ0) is 12.6. The summed E-state index contributed by atoms with van der Waals surface area (Å²) in [6.45, 7) is 0. The molecule has 0 atom stereocenters. The second-order valence-corrected chi connectivity index (χ2v) is 5.84. The Morgan fingerprint density at radius 1 is 1.35 bits per heavy atom. The highest BCUT2D eigenvalue weighted by Gasteiger charge is 2.36. The number of carbonyl (C=O) groups is 1. The van der Waals surface area contributed by atoms with Gasteiger partial charge in [0.25, 0.3) is 0 Å². The predicted octanol–water partition coefficient (Wildman–Crippen LogP) is 0.994. The maximum atomic E-state index is 11.6. The van der Waals surface area contributed by atoms with E-state index in [2.05, 4.69) is 4.72 Å². The number of nitrogens with one attached hydrogen (secondary N) is 1. The number of benzene rings is 1. The van der Waals surface area contributed by atoms with E-state index in [1.807, 2.05) is 0 Å². The van der Waals surface area contributed by atoms with Crippen molar-refractivity contribution in [3.05, 3.63) is 23.8 Å². The molecule has 7 heteroatoms. The lowest BCUT2D eigenvalue weighted by Gasteiger charge is -2.09. The van der Waals surface area contributed by atoms with E-state index < -0.39 is 21.2 Å². The SMILES string of the molecule is O=C(O)c1ccc(O)c(NS(=O)(=O)C2CC2)c1. The van der Waals surface area contributed by atoms with Crippen molar-refractivity contribution in [1.29, 1.82) is 0 Å². The number of hydrogen-bond acceptors (Lipinski definition) is 4. The molecule has 1 aliphatic carbocycles. The van der Waals surface area contributed by atoms with Crippen LogP contribution in [0.5, 0.6) is 5.75 Å². The number of phenols is 1. The quantitative estimate of drug-likeness (QED) is 0.698. The summed E-state index contributed by atoms with van der Waals surface area (Å²) in [7, 11) is -3.51. The van der Waals surface area contributed by atoms with Crippen molar-refractivity contribution in [3.63, 3.8) is 0 Å². The first-order valence-corrected chi connectivity index (χ1v) is 6.53. The van der Waals surface area contributed by atoms with Gasteiger partial charge in [-0.25, -0.2) is 13.2 Å². The molecule has 1 aliphatic rings. The van der Waals surface area contributed by atoms with Crippen LogP contribution in [0.3, 0.4) is 0 Å². The summed E-state index contributed by atoms with van der Waals surface area (Å²) in [4.78, 5) is 10.7. The Labute approximate surface area is 97.9 Å². The van der Waals surface area contributed by atoms with Gasteiger partial charge >= 0.3 is 5.97 Å². The summed E-state index contributed by atoms with van der Waals surface area (Å²) in [5, 5.41) is 17.8. The minimum absolute atomic E-state index is 0.0868. The minimum Gasteiger partial charge on any atom is -0.506 e. The van der Waals surface area contributed by atoms with E-state index in [1.54, 1.807) is 0 Å². The monoisotopic (exact) mass is 257 g/mol. The third-order valence-corrected chi connectivity index (χ3v) is 4.31. The van der Waals surface area contributed by atoms with E-state index in [1.165, 1.54) is 6.07 Å².